The molecule has 0 aromatic carbocycles. The number of nitrogens with zero attached hydrogens (tertiary/aromatic N) is 4. The van der Waals surface area contributed by atoms with Crippen LogP contribution in [0, 0.1) is 0 Å². The third-order valence-electron chi connectivity index (χ3n) is 4.78. The van der Waals surface area contributed by atoms with E-state index in [0.717, 1.165) is 25.2 Å². The van der Waals surface area contributed by atoms with E-state index in [4.69, 9.17) is 0 Å². The number of hydrogen-bond donors (Lipinski definition) is 0. The van der Waals surface area contributed by atoms with E-state index in [1.807, 2.05) is 15.8 Å². The molecule has 3 rings (SSSR count). The molecule has 21 heavy (non-hydrogen) atoms. The van der Waals surface area contributed by atoms with Gasteiger partial charge < -0.3 is 4.90 Å². The summed E-state index contributed by atoms with van der Waals surface area (Å²) in [5.74, 6) is 0.884. The first-order valence-corrected chi connectivity index (χ1v) is 9.25. The molecule has 1 unspecified atom stereocenters. The predicted molar refractivity (Wildman–Crippen MR) is 84.4 cm³/mol. The quantitative estimate of drug-likeness (QED) is 0.838. The van der Waals surface area contributed by atoms with Crippen molar-refractivity contribution in [1.29, 1.82) is 0 Å². The molecule has 0 spiro atoms. The Morgan fingerprint density at radius 1 is 1.43 bits per heavy atom. The van der Waals surface area contributed by atoms with Gasteiger partial charge in [0.05, 0.1) is 17.0 Å². The van der Waals surface area contributed by atoms with Crippen LogP contribution in [0.25, 0.3) is 0 Å². The van der Waals surface area contributed by atoms with Gasteiger partial charge >= 0.3 is 0 Å². The topological polar surface area (TPSA) is 51.0 Å². The highest BCUT2D eigenvalue weighted by atomic mass is 32.2. The van der Waals surface area contributed by atoms with Crippen LogP contribution in [-0.4, -0.2) is 50.4 Å². The lowest BCUT2D eigenvalue weighted by Gasteiger charge is -2.40. The van der Waals surface area contributed by atoms with Crippen LogP contribution in [0.1, 0.15) is 56.7 Å². The molecule has 2 aliphatic rings. The zero-order valence-corrected chi connectivity index (χ0v) is 13.7. The van der Waals surface area contributed by atoms with Crippen LogP contribution in [0.2, 0.25) is 0 Å². The summed E-state index contributed by atoms with van der Waals surface area (Å²) in [6, 6.07) is 0.316. The molecule has 1 atom stereocenters. The Morgan fingerprint density at radius 2 is 2.14 bits per heavy atom. The molecule has 1 aromatic heterocycles. The van der Waals surface area contributed by atoms with Crippen LogP contribution in [0.5, 0.6) is 0 Å². The lowest BCUT2D eigenvalue weighted by atomic mass is 10.0. The van der Waals surface area contributed by atoms with E-state index in [1.54, 1.807) is 11.8 Å². The first kappa shape index (κ1) is 14.9. The minimum absolute atomic E-state index is 0.107. The van der Waals surface area contributed by atoms with Gasteiger partial charge in [-0.15, -0.1) is 5.10 Å². The average Bonchev–Trinajstić information content (AvgIpc) is 3.09. The van der Waals surface area contributed by atoms with Crippen molar-refractivity contribution >= 4 is 17.7 Å². The minimum Gasteiger partial charge on any atom is -0.337 e. The Bertz CT molecular complexity index is 488. The van der Waals surface area contributed by atoms with Gasteiger partial charge in [0, 0.05) is 25.2 Å². The van der Waals surface area contributed by atoms with Crippen molar-refractivity contribution in [3.8, 4) is 0 Å². The first-order valence-electron chi connectivity index (χ1n) is 7.96. The number of rotatable bonds is 5. The van der Waals surface area contributed by atoms with E-state index >= 15 is 0 Å². The van der Waals surface area contributed by atoms with Crippen molar-refractivity contribution in [2.24, 2.45) is 0 Å². The molecule has 6 heteroatoms. The van der Waals surface area contributed by atoms with Crippen molar-refractivity contribution < 1.29 is 4.79 Å². The smallest absolute Gasteiger partial charge is 0.235 e. The zero-order chi connectivity index (χ0) is 14.8. The van der Waals surface area contributed by atoms with Gasteiger partial charge in [-0.25, -0.2) is 4.68 Å². The molecule has 1 aromatic rings. The highest BCUT2D eigenvalue weighted by molar-refractivity contribution is 7.99. The van der Waals surface area contributed by atoms with E-state index in [9.17, 15) is 4.79 Å². The number of carbonyl (C=O) groups is 1. The summed E-state index contributed by atoms with van der Waals surface area (Å²) in [7, 11) is 0. The van der Waals surface area contributed by atoms with Crippen molar-refractivity contribution in [3.05, 3.63) is 11.9 Å². The number of likely N-dealkylation sites (tertiary alicyclic amines) is 1. The third kappa shape index (κ3) is 2.96. The summed E-state index contributed by atoms with van der Waals surface area (Å²) in [5.41, 5.74) is 1.15. The van der Waals surface area contributed by atoms with E-state index in [-0.39, 0.29) is 11.2 Å². The highest BCUT2D eigenvalue weighted by Crippen LogP contribution is 2.33. The Labute approximate surface area is 130 Å². The lowest BCUT2D eigenvalue weighted by Crippen LogP contribution is -2.53. The van der Waals surface area contributed by atoms with Crippen LogP contribution in [-0.2, 0) is 4.79 Å². The molecule has 1 aliphatic heterocycles. The molecule has 2 heterocycles. The van der Waals surface area contributed by atoms with Crippen LogP contribution in [0.4, 0.5) is 0 Å². The maximum atomic E-state index is 12.2. The fourth-order valence-electron chi connectivity index (χ4n) is 3.33. The SMILES string of the molecule is CCC(SC)C(=O)N1CC(n2cc(C3CCCC3)nn2)C1. The summed E-state index contributed by atoms with van der Waals surface area (Å²) in [6.45, 7) is 3.63. The molecule has 1 saturated carbocycles. The molecule has 5 nitrogen and oxygen atoms in total. The van der Waals surface area contributed by atoms with Gasteiger partial charge in [-0.3, -0.25) is 4.79 Å². The fraction of sp³-hybridized carbons (Fsp3) is 0.800. The van der Waals surface area contributed by atoms with Crippen LogP contribution >= 0.6 is 11.8 Å². The monoisotopic (exact) mass is 308 g/mol. The molecular formula is C15H24N4OS. The Kier molecular flexibility index (Phi) is 4.52. The van der Waals surface area contributed by atoms with Gasteiger partial charge in [0.2, 0.25) is 5.91 Å². The second-order valence-corrected chi connectivity index (χ2v) is 7.17. The lowest BCUT2D eigenvalue weighted by molar-refractivity contribution is -0.136. The first-order chi connectivity index (χ1) is 10.2. The molecule has 1 amide bonds. The highest BCUT2D eigenvalue weighted by Gasteiger charge is 2.35. The number of thioether (sulfide) groups is 1. The number of hydrogen-bond acceptors (Lipinski definition) is 4. The Balaban J connectivity index is 1.55. The molecule has 2 fully saturated rings. The minimum atomic E-state index is 0.107. The maximum absolute atomic E-state index is 12.2. The number of aromatic nitrogens is 3. The summed E-state index contributed by atoms with van der Waals surface area (Å²) >= 11 is 1.65. The normalized spacial score (nSPS) is 21.5. The second kappa shape index (κ2) is 6.38. The van der Waals surface area contributed by atoms with E-state index in [1.165, 1.54) is 25.7 Å². The molecule has 116 valence electrons. The predicted octanol–water partition coefficient (Wildman–Crippen LogP) is 2.46. The van der Waals surface area contributed by atoms with Crippen LogP contribution in [0.15, 0.2) is 6.20 Å². The molecule has 0 radical (unpaired) electrons. The van der Waals surface area contributed by atoms with Crippen molar-refractivity contribution in [3.63, 3.8) is 0 Å². The van der Waals surface area contributed by atoms with Gasteiger partial charge in [-0.2, -0.15) is 11.8 Å². The van der Waals surface area contributed by atoms with Gasteiger partial charge in [-0.05, 0) is 25.5 Å². The van der Waals surface area contributed by atoms with Crippen LogP contribution < -0.4 is 0 Å². The van der Waals surface area contributed by atoms with Crippen molar-refractivity contribution in [2.75, 3.05) is 19.3 Å². The molecule has 1 saturated heterocycles. The van der Waals surface area contributed by atoms with Gasteiger partial charge in [0.1, 0.15) is 0 Å². The Morgan fingerprint density at radius 3 is 2.76 bits per heavy atom. The van der Waals surface area contributed by atoms with Crippen LogP contribution in [0.3, 0.4) is 0 Å². The molecule has 0 N–H and O–H groups in total. The number of carbonyl (C=O) groups excluding carboxylic acids is 1. The van der Waals surface area contributed by atoms with E-state index in [0.29, 0.717) is 12.0 Å². The number of amides is 1. The fourth-order valence-corrected chi connectivity index (χ4v) is 4.01. The van der Waals surface area contributed by atoms with Crippen molar-refractivity contribution in [2.45, 2.75) is 56.2 Å². The second-order valence-electron chi connectivity index (χ2n) is 6.13. The molecular weight excluding hydrogens is 284 g/mol. The van der Waals surface area contributed by atoms with Gasteiger partial charge in [-0.1, -0.05) is 25.0 Å². The molecule has 1 aliphatic carbocycles. The summed E-state index contributed by atoms with van der Waals surface area (Å²) in [5, 5.41) is 8.74. The third-order valence-corrected chi connectivity index (χ3v) is 5.88. The zero-order valence-electron chi connectivity index (χ0n) is 12.9. The molecule has 0 bridgehead atoms. The standard InChI is InChI=1S/C15H24N4OS/c1-3-14(21-2)15(20)18-8-12(9-18)19-10-13(16-17-19)11-6-4-5-7-11/h10-12,14H,3-9H2,1-2H3. The summed E-state index contributed by atoms with van der Waals surface area (Å²) in [6.07, 6.45) is 10.1. The van der Waals surface area contributed by atoms with Crippen molar-refractivity contribution in [1.82, 2.24) is 19.9 Å². The summed E-state index contributed by atoms with van der Waals surface area (Å²) < 4.78 is 1.97. The van der Waals surface area contributed by atoms with Gasteiger partial charge in [0.25, 0.3) is 0 Å². The Hall–Kier alpha value is -1.04. The van der Waals surface area contributed by atoms with E-state index in [2.05, 4.69) is 23.4 Å². The average molecular weight is 308 g/mol. The summed E-state index contributed by atoms with van der Waals surface area (Å²) in [4.78, 5) is 14.2. The maximum Gasteiger partial charge on any atom is 0.235 e. The largest absolute Gasteiger partial charge is 0.337 e. The van der Waals surface area contributed by atoms with E-state index < -0.39 is 0 Å². The van der Waals surface area contributed by atoms with Gasteiger partial charge in [0.15, 0.2) is 0 Å².